The maximum Gasteiger partial charge on any atom is 0.251 e. The Morgan fingerprint density at radius 1 is 1.09 bits per heavy atom. The number of benzene rings is 2. The van der Waals surface area contributed by atoms with Gasteiger partial charge < -0.3 is 5.32 Å². The quantitative estimate of drug-likeness (QED) is 0.852. The maximum absolute atomic E-state index is 12.1. The van der Waals surface area contributed by atoms with Crippen LogP contribution in [0.2, 0.25) is 0 Å². The van der Waals surface area contributed by atoms with Crippen LogP contribution in [-0.4, -0.2) is 27.1 Å². The van der Waals surface area contributed by atoms with Crippen LogP contribution in [0.1, 0.15) is 21.5 Å². The van der Waals surface area contributed by atoms with Gasteiger partial charge in [-0.3, -0.25) is 9.52 Å². The number of carbonyl (C=O) groups is 1. The first-order chi connectivity index (χ1) is 10.8. The van der Waals surface area contributed by atoms with Crippen molar-refractivity contribution in [3.05, 3.63) is 65.2 Å². The number of hydrogen-bond donors (Lipinski definition) is 2. The van der Waals surface area contributed by atoms with E-state index in [1.807, 2.05) is 30.3 Å². The van der Waals surface area contributed by atoms with Crippen molar-refractivity contribution < 1.29 is 13.2 Å². The summed E-state index contributed by atoms with van der Waals surface area (Å²) in [7, 11) is -3.33. The van der Waals surface area contributed by atoms with Crippen molar-refractivity contribution in [2.75, 3.05) is 17.5 Å². The number of carbonyl (C=O) groups excluding carboxylic acids is 1. The molecule has 0 heterocycles. The van der Waals surface area contributed by atoms with Crippen LogP contribution in [0.3, 0.4) is 0 Å². The number of aryl methyl sites for hydroxylation is 1. The largest absolute Gasteiger partial charge is 0.352 e. The lowest BCUT2D eigenvalue weighted by Crippen LogP contribution is -2.25. The van der Waals surface area contributed by atoms with Gasteiger partial charge in [-0.1, -0.05) is 30.3 Å². The summed E-state index contributed by atoms with van der Waals surface area (Å²) in [4.78, 5) is 12.1. The molecule has 0 aromatic heterocycles. The zero-order chi connectivity index (χ0) is 16.9. The van der Waals surface area contributed by atoms with E-state index >= 15 is 0 Å². The number of sulfonamides is 1. The van der Waals surface area contributed by atoms with E-state index in [1.54, 1.807) is 25.1 Å². The van der Waals surface area contributed by atoms with Gasteiger partial charge in [-0.2, -0.15) is 0 Å². The standard InChI is InChI=1S/C17H20N2O3S/c1-13-12-15(8-9-16(13)19-23(2,21)22)17(20)18-11-10-14-6-4-3-5-7-14/h3-9,12,19H,10-11H2,1-2H3,(H,18,20). The molecule has 2 rings (SSSR count). The number of amides is 1. The van der Waals surface area contributed by atoms with E-state index in [9.17, 15) is 13.2 Å². The first kappa shape index (κ1) is 17.0. The van der Waals surface area contributed by atoms with Gasteiger partial charge in [-0.25, -0.2) is 8.42 Å². The number of hydrogen-bond acceptors (Lipinski definition) is 3. The summed E-state index contributed by atoms with van der Waals surface area (Å²) in [6.07, 6.45) is 1.86. The maximum atomic E-state index is 12.1. The molecule has 0 aliphatic rings. The normalized spacial score (nSPS) is 11.0. The van der Waals surface area contributed by atoms with E-state index < -0.39 is 10.0 Å². The molecule has 0 saturated heterocycles. The summed E-state index contributed by atoms with van der Waals surface area (Å²) in [5.74, 6) is -0.171. The summed E-state index contributed by atoms with van der Waals surface area (Å²) in [6, 6.07) is 14.8. The fourth-order valence-corrected chi connectivity index (χ4v) is 2.81. The molecule has 0 aliphatic carbocycles. The number of anilines is 1. The van der Waals surface area contributed by atoms with Crippen LogP contribution in [0.15, 0.2) is 48.5 Å². The van der Waals surface area contributed by atoms with E-state index in [2.05, 4.69) is 10.0 Å². The number of rotatable bonds is 6. The molecule has 1 amide bonds. The Morgan fingerprint density at radius 3 is 2.39 bits per heavy atom. The van der Waals surface area contributed by atoms with Crippen molar-refractivity contribution >= 4 is 21.6 Å². The van der Waals surface area contributed by atoms with Crippen LogP contribution in [0.25, 0.3) is 0 Å². The van der Waals surface area contributed by atoms with Crippen LogP contribution in [0.4, 0.5) is 5.69 Å². The van der Waals surface area contributed by atoms with Gasteiger partial charge in [0.1, 0.15) is 0 Å². The molecule has 122 valence electrons. The Bertz CT molecular complexity index is 787. The second-order valence-electron chi connectivity index (χ2n) is 5.40. The molecule has 0 radical (unpaired) electrons. The highest BCUT2D eigenvalue weighted by molar-refractivity contribution is 7.92. The molecule has 2 aromatic rings. The molecular formula is C17H20N2O3S. The molecule has 5 nitrogen and oxygen atoms in total. The second-order valence-corrected chi connectivity index (χ2v) is 7.14. The van der Waals surface area contributed by atoms with Crippen LogP contribution in [0.5, 0.6) is 0 Å². The van der Waals surface area contributed by atoms with Crippen molar-refractivity contribution in [3.8, 4) is 0 Å². The average Bonchev–Trinajstić information content (AvgIpc) is 2.49. The summed E-state index contributed by atoms with van der Waals surface area (Å²) in [5.41, 5.74) is 2.85. The van der Waals surface area contributed by atoms with Crippen molar-refractivity contribution in [2.45, 2.75) is 13.3 Å². The minimum absolute atomic E-state index is 0.171. The van der Waals surface area contributed by atoms with Gasteiger partial charge in [0.15, 0.2) is 0 Å². The Hall–Kier alpha value is -2.34. The van der Waals surface area contributed by atoms with Gasteiger partial charge in [0, 0.05) is 12.1 Å². The second kappa shape index (κ2) is 7.28. The van der Waals surface area contributed by atoms with Crippen LogP contribution < -0.4 is 10.0 Å². The molecule has 0 spiro atoms. The Morgan fingerprint density at radius 2 is 1.78 bits per heavy atom. The van der Waals surface area contributed by atoms with Crippen molar-refractivity contribution in [1.29, 1.82) is 0 Å². The van der Waals surface area contributed by atoms with Crippen LogP contribution in [-0.2, 0) is 16.4 Å². The van der Waals surface area contributed by atoms with E-state index in [1.165, 1.54) is 0 Å². The molecule has 2 aromatic carbocycles. The van der Waals surface area contributed by atoms with Crippen molar-refractivity contribution in [3.63, 3.8) is 0 Å². The zero-order valence-corrected chi connectivity index (χ0v) is 14.0. The zero-order valence-electron chi connectivity index (χ0n) is 13.2. The molecule has 6 heteroatoms. The third-order valence-electron chi connectivity index (χ3n) is 3.33. The van der Waals surface area contributed by atoms with E-state index in [4.69, 9.17) is 0 Å². The van der Waals surface area contributed by atoms with Gasteiger partial charge in [-0.15, -0.1) is 0 Å². The summed E-state index contributed by atoms with van der Waals surface area (Å²) >= 11 is 0. The van der Waals surface area contributed by atoms with Gasteiger partial charge in [0.25, 0.3) is 5.91 Å². The highest BCUT2D eigenvalue weighted by atomic mass is 32.2. The molecular weight excluding hydrogens is 312 g/mol. The van der Waals surface area contributed by atoms with Gasteiger partial charge in [0.05, 0.1) is 11.9 Å². The molecule has 0 fully saturated rings. The van der Waals surface area contributed by atoms with Crippen molar-refractivity contribution in [1.82, 2.24) is 5.32 Å². The summed E-state index contributed by atoms with van der Waals surface area (Å²) in [6.45, 7) is 2.31. The van der Waals surface area contributed by atoms with Crippen LogP contribution in [0, 0.1) is 6.92 Å². The third kappa shape index (κ3) is 5.41. The first-order valence-electron chi connectivity index (χ1n) is 7.26. The predicted octanol–water partition coefficient (Wildman–Crippen LogP) is 2.34. The van der Waals surface area contributed by atoms with Crippen molar-refractivity contribution in [2.24, 2.45) is 0 Å². The molecule has 0 saturated carbocycles. The molecule has 2 N–H and O–H groups in total. The average molecular weight is 332 g/mol. The molecule has 0 aliphatic heterocycles. The Labute approximate surface area is 136 Å². The highest BCUT2D eigenvalue weighted by Crippen LogP contribution is 2.17. The fraction of sp³-hybridized carbons (Fsp3) is 0.235. The minimum Gasteiger partial charge on any atom is -0.352 e. The van der Waals surface area contributed by atoms with E-state index in [0.29, 0.717) is 23.4 Å². The summed E-state index contributed by atoms with van der Waals surface area (Å²) < 4.78 is 24.9. The Balaban J connectivity index is 1.96. The monoisotopic (exact) mass is 332 g/mol. The fourth-order valence-electron chi connectivity index (χ4n) is 2.19. The lowest BCUT2D eigenvalue weighted by Gasteiger charge is -2.10. The van der Waals surface area contributed by atoms with Gasteiger partial charge in [-0.05, 0) is 42.7 Å². The molecule has 23 heavy (non-hydrogen) atoms. The first-order valence-corrected chi connectivity index (χ1v) is 9.15. The predicted molar refractivity (Wildman–Crippen MR) is 92.1 cm³/mol. The molecule has 0 unspecified atom stereocenters. The lowest BCUT2D eigenvalue weighted by molar-refractivity contribution is 0.0954. The van der Waals surface area contributed by atoms with Gasteiger partial charge in [0.2, 0.25) is 10.0 Å². The summed E-state index contributed by atoms with van der Waals surface area (Å²) in [5, 5.41) is 2.86. The smallest absolute Gasteiger partial charge is 0.251 e. The third-order valence-corrected chi connectivity index (χ3v) is 3.92. The number of nitrogens with one attached hydrogen (secondary N) is 2. The van der Waals surface area contributed by atoms with Crippen LogP contribution >= 0.6 is 0 Å². The van der Waals surface area contributed by atoms with E-state index in [-0.39, 0.29) is 5.91 Å². The molecule has 0 atom stereocenters. The van der Waals surface area contributed by atoms with Gasteiger partial charge >= 0.3 is 0 Å². The molecule has 0 bridgehead atoms. The SMILES string of the molecule is Cc1cc(C(=O)NCCc2ccccc2)ccc1NS(C)(=O)=O. The van der Waals surface area contributed by atoms with E-state index in [0.717, 1.165) is 18.2 Å². The minimum atomic E-state index is -3.33. The highest BCUT2D eigenvalue weighted by Gasteiger charge is 2.09. The lowest BCUT2D eigenvalue weighted by atomic mass is 10.1. The topological polar surface area (TPSA) is 75.3 Å². The Kier molecular flexibility index (Phi) is 5.39.